The molecule has 2 amide bonds. The van der Waals surface area contributed by atoms with Crippen molar-refractivity contribution in [2.45, 2.75) is 62.4 Å². The highest BCUT2D eigenvalue weighted by atomic mass is 19.1. The van der Waals surface area contributed by atoms with Crippen LogP contribution in [0, 0.1) is 5.82 Å². The molecule has 3 aromatic rings. The van der Waals surface area contributed by atoms with Crippen LogP contribution in [0.4, 0.5) is 10.2 Å². The van der Waals surface area contributed by atoms with Gasteiger partial charge in [0.2, 0.25) is 5.91 Å². The highest BCUT2D eigenvalue weighted by Gasteiger charge is 2.51. The molecule has 2 aliphatic heterocycles. The highest BCUT2D eigenvalue weighted by molar-refractivity contribution is 6.46. The lowest BCUT2D eigenvalue weighted by atomic mass is 9.80. The average molecular weight is 536 g/mol. The second-order valence-corrected chi connectivity index (χ2v) is 11.3. The molecule has 0 bridgehead atoms. The summed E-state index contributed by atoms with van der Waals surface area (Å²) in [4.78, 5) is 42.5. The topological polar surface area (TPSA) is 87.5 Å². The summed E-state index contributed by atoms with van der Waals surface area (Å²) in [6.45, 7) is 0.378. The van der Waals surface area contributed by atoms with Gasteiger partial charge >= 0.3 is 0 Å². The Labute approximate surface area is 232 Å². The van der Waals surface area contributed by atoms with E-state index >= 15 is 0 Å². The predicted molar refractivity (Wildman–Crippen MR) is 150 cm³/mol. The van der Waals surface area contributed by atoms with Crippen LogP contribution in [0.1, 0.15) is 66.5 Å². The molecule has 4 heterocycles. The summed E-state index contributed by atoms with van der Waals surface area (Å²) in [5.74, 6) is -0.0272. The fourth-order valence-corrected chi connectivity index (χ4v) is 6.91. The molecular weight excluding hydrogens is 505 g/mol. The van der Waals surface area contributed by atoms with Gasteiger partial charge in [0.1, 0.15) is 23.0 Å². The third-order valence-corrected chi connectivity index (χ3v) is 8.93. The van der Waals surface area contributed by atoms with Crippen LogP contribution in [0.2, 0.25) is 0 Å². The molecule has 4 aliphatic rings. The summed E-state index contributed by atoms with van der Waals surface area (Å²) in [5.41, 5.74) is 3.04. The number of aromatic nitrogens is 2. The number of anilines is 1. The molecule has 1 fully saturated rings. The van der Waals surface area contributed by atoms with Crippen molar-refractivity contribution >= 4 is 29.4 Å². The minimum absolute atomic E-state index is 0.0248. The van der Waals surface area contributed by atoms with Gasteiger partial charge in [0.05, 0.1) is 5.41 Å². The van der Waals surface area contributed by atoms with Gasteiger partial charge < -0.3 is 10.2 Å². The number of rotatable bonds is 4. The maximum Gasteiger partial charge on any atom is 0.275 e. The molecule has 0 radical (unpaired) electrons. The molecule has 40 heavy (non-hydrogen) atoms. The normalized spacial score (nSPS) is 23.0. The Hall–Kier alpha value is -4.20. The molecule has 2 aromatic heterocycles. The fourth-order valence-electron chi connectivity index (χ4n) is 6.91. The number of aliphatic imine (C=N–C) groups is 1. The van der Waals surface area contributed by atoms with Crippen molar-refractivity contribution in [2.75, 3.05) is 11.9 Å². The van der Waals surface area contributed by atoms with Crippen LogP contribution in [-0.4, -0.2) is 44.6 Å². The van der Waals surface area contributed by atoms with Crippen molar-refractivity contribution in [1.82, 2.24) is 14.9 Å². The maximum atomic E-state index is 14.7. The molecule has 0 unspecified atom stereocenters. The summed E-state index contributed by atoms with van der Waals surface area (Å²) < 4.78 is 14.7. The number of benzene rings is 1. The quantitative estimate of drug-likeness (QED) is 0.509. The van der Waals surface area contributed by atoms with E-state index in [-0.39, 0.29) is 23.1 Å². The molecule has 202 valence electrons. The zero-order valence-electron chi connectivity index (χ0n) is 22.2. The Morgan fingerprint density at radius 3 is 2.65 bits per heavy atom. The first-order chi connectivity index (χ1) is 19.5. The van der Waals surface area contributed by atoms with Gasteiger partial charge in [-0.15, -0.1) is 0 Å². The van der Waals surface area contributed by atoms with Gasteiger partial charge in [0.15, 0.2) is 0 Å². The van der Waals surface area contributed by atoms with E-state index in [0.29, 0.717) is 25.2 Å². The van der Waals surface area contributed by atoms with Gasteiger partial charge in [-0.2, -0.15) is 0 Å². The molecule has 1 N–H and O–H groups in total. The average Bonchev–Trinajstić information content (AvgIpc) is 3.48. The number of carbonyl (C=O) groups is 2. The number of fused-ring (bicyclic) bond motifs is 3. The Bertz CT molecular complexity index is 1590. The molecule has 0 saturated heterocycles. The molecule has 1 saturated carbocycles. The van der Waals surface area contributed by atoms with E-state index in [0.717, 1.165) is 60.9 Å². The molecule has 7 nitrogen and oxygen atoms in total. The van der Waals surface area contributed by atoms with Crippen LogP contribution in [0.3, 0.4) is 0 Å². The first kappa shape index (κ1) is 24.8. The molecule has 8 heteroatoms. The second kappa shape index (κ2) is 9.47. The Balaban J connectivity index is 1.13. The largest absolute Gasteiger partial charge is 0.310 e. The van der Waals surface area contributed by atoms with Crippen molar-refractivity contribution < 1.29 is 14.0 Å². The van der Waals surface area contributed by atoms with E-state index in [2.05, 4.69) is 16.4 Å². The van der Waals surface area contributed by atoms with Crippen LogP contribution < -0.4 is 5.32 Å². The zero-order chi connectivity index (χ0) is 27.3. The lowest BCUT2D eigenvalue weighted by molar-refractivity contribution is -0.127. The van der Waals surface area contributed by atoms with Crippen molar-refractivity contribution in [2.24, 2.45) is 4.99 Å². The minimum atomic E-state index is -0.657. The van der Waals surface area contributed by atoms with Gasteiger partial charge in [-0.25, -0.2) is 9.37 Å². The highest BCUT2D eigenvalue weighted by Crippen LogP contribution is 2.46. The van der Waals surface area contributed by atoms with E-state index in [9.17, 15) is 14.0 Å². The molecular formula is C32H30FN5O2. The number of nitrogens with zero attached hydrogens (tertiary/aromatic N) is 4. The van der Waals surface area contributed by atoms with Crippen LogP contribution in [0.15, 0.2) is 65.9 Å². The minimum Gasteiger partial charge on any atom is -0.310 e. The first-order valence-electron chi connectivity index (χ1n) is 14.1. The smallest absolute Gasteiger partial charge is 0.275 e. The molecule has 7 rings (SSSR count). The molecule has 2 aliphatic carbocycles. The summed E-state index contributed by atoms with van der Waals surface area (Å²) in [6, 6.07) is 12.3. The molecule has 2 spiro atoms. The Morgan fingerprint density at radius 2 is 1.82 bits per heavy atom. The zero-order valence-corrected chi connectivity index (χ0v) is 22.2. The van der Waals surface area contributed by atoms with Crippen molar-refractivity contribution in [3.8, 4) is 0 Å². The Morgan fingerprint density at radius 1 is 1.00 bits per heavy atom. The number of hydrogen-bond donors (Lipinski definition) is 1. The van der Waals surface area contributed by atoms with Crippen molar-refractivity contribution in [1.29, 1.82) is 0 Å². The van der Waals surface area contributed by atoms with Crippen molar-refractivity contribution in [3.63, 3.8) is 0 Å². The summed E-state index contributed by atoms with van der Waals surface area (Å²) in [5, 5.41) is 2.94. The molecule has 1 aromatic carbocycles. The van der Waals surface area contributed by atoms with E-state index in [1.54, 1.807) is 24.4 Å². The number of amides is 2. The van der Waals surface area contributed by atoms with Gasteiger partial charge in [-0.05, 0) is 67.5 Å². The van der Waals surface area contributed by atoms with Gasteiger partial charge in [-0.3, -0.25) is 19.6 Å². The first-order valence-corrected chi connectivity index (χ1v) is 14.1. The number of pyridine rings is 2. The van der Waals surface area contributed by atoms with Gasteiger partial charge in [0.25, 0.3) is 5.91 Å². The van der Waals surface area contributed by atoms with Crippen molar-refractivity contribution in [3.05, 3.63) is 94.7 Å². The SMILES string of the molecule is O=C1C(c2ccccc2F)=NC2(CCCCCC2)N1C/C=C/c1cnc2c(c1)C[C@@]1(C2)C(=O)Nc2ncccc21. The van der Waals surface area contributed by atoms with Crippen LogP contribution in [-0.2, 0) is 27.8 Å². The maximum absolute atomic E-state index is 14.7. The van der Waals surface area contributed by atoms with Crippen LogP contribution in [0.5, 0.6) is 0 Å². The number of nitrogens with one attached hydrogen (secondary N) is 1. The standard InChI is InChI=1S/C32H30FN5O2/c33-25-12-4-3-10-23(25)27-29(39)38(32(37-27)13-5-1-2-6-14-32)16-8-9-21-17-22-18-31(19-26(22)35-20-21)24-11-7-15-34-28(24)36-30(31)40/h3-4,7-12,15,17,20H,1-2,5-6,13-14,16,18-19H2,(H,34,36,40)/b9-8+/t31-/m0/s1. The monoisotopic (exact) mass is 535 g/mol. The second-order valence-electron chi connectivity index (χ2n) is 11.3. The van der Waals surface area contributed by atoms with Gasteiger partial charge in [-0.1, -0.05) is 43.2 Å². The summed E-state index contributed by atoms with van der Waals surface area (Å²) in [6.07, 6.45) is 14.4. The fraction of sp³-hybridized carbons (Fsp3) is 0.344. The number of hydrogen-bond acceptors (Lipinski definition) is 5. The van der Waals surface area contributed by atoms with Gasteiger partial charge in [0, 0.05) is 42.2 Å². The van der Waals surface area contributed by atoms with Crippen LogP contribution in [0.25, 0.3) is 6.08 Å². The summed E-state index contributed by atoms with van der Waals surface area (Å²) in [7, 11) is 0. The third-order valence-electron chi connectivity index (χ3n) is 8.93. The number of carbonyl (C=O) groups excluding carboxylic acids is 2. The van der Waals surface area contributed by atoms with E-state index in [1.165, 1.54) is 6.07 Å². The lowest BCUT2D eigenvalue weighted by Gasteiger charge is -2.35. The summed E-state index contributed by atoms with van der Waals surface area (Å²) >= 11 is 0. The molecule has 1 atom stereocenters. The Kier molecular flexibility index (Phi) is 5.87. The lowest BCUT2D eigenvalue weighted by Crippen LogP contribution is -2.46. The van der Waals surface area contributed by atoms with E-state index in [1.807, 2.05) is 35.4 Å². The van der Waals surface area contributed by atoms with E-state index < -0.39 is 16.9 Å². The number of halogens is 1. The third kappa shape index (κ3) is 3.88. The van der Waals surface area contributed by atoms with Crippen LogP contribution >= 0.6 is 0 Å². The predicted octanol–water partition coefficient (Wildman–Crippen LogP) is 5.00. The van der Waals surface area contributed by atoms with E-state index in [4.69, 9.17) is 9.98 Å².